The third kappa shape index (κ3) is 7.80. The summed E-state index contributed by atoms with van der Waals surface area (Å²) in [5.41, 5.74) is 2.59. The van der Waals surface area contributed by atoms with Crippen LogP contribution in [0.4, 0.5) is 14.5 Å². The van der Waals surface area contributed by atoms with Crippen molar-refractivity contribution in [2.75, 3.05) is 38.6 Å². The van der Waals surface area contributed by atoms with Crippen LogP contribution in [0.15, 0.2) is 72.9 Å². The molecule has 0 atom stereocenters. The number of anilines is 1. The van der Waals surface area contributed by atoms with Crippen LogP contribution < -0.4 is 10.1 Å². The van der Waals surface area contributed by atoms with Gasteiger partial charge in [0, 0.05) is 36.4 Å². The fraction of sp³-hybridized carbons (Fsp3) is 0.353. The van der Waals surface area contributed by atoms with Crippen LogP contribution in [0, 0.1) is 17.0 Å². The van der Waals surface area contributed by atoms with Crippen LogP contribution in [-0.4, -0.2) is 49.1 Å². The number of hydrogen-bond acceptors (Lipinski definition) is 6. The molecule has 226 valence electrons. The first kappa shape index (κ1) is 30.7. The number of halogens is 3. The molecule has 9 heteroatoms. The zero-order chi connectivity index (χ0) is 30.2. The number of piperidine rings is 1. The summed E-state index contributed by atoms with van der Waals surface area (Å²) in [4.78, 5) is 20.4. The highest BCUT2D eigenvalue weighted by molar-refractivity contribution is 6.32. The number of aryl methyl sites for hydroxylation is 1. The second kappa shape index (κ2) is 14.1. The van der Waals surface area contributed by atoms with Crippen molar-refractivity contribution in [2.45, 2.75) is 38.7 Å². The lowest BCUT2D eigenvalue weighted by atomic mass is 9.74. The summed E-state index contributed by atoms with van der Waals surface area (Å²) in [6, 6.07) is 18.9. The van der Waals surface area contributed by atoms with E-state index in [1.54, 1.807) is 13.3 Å². The number of aromatic nitrogens is 1. The van der Waals surface area contributed by atoms with E-state index in [2.05, 4.69) is 15.2 Å². The topological polar surface area (TPSA) is 63.7 Å². The molecule has 1 N–H and O–H groups in total. The van der Waals surface area contributed by atoms with Gasteiger partial charge in [0.1, 0.15) is 24.0 Å². The minimum atomic E-state index is -0.614. The molecule has 43 heavy (non-hydrogen) atoms. The summed E-state index contributed by atoms with van der Waals surface area (Å²) >= 11 is 6.62. The van der Waals surface area contributed by atoms with Crippen molar-refractivity contribution in [2.24, 2.45) is 5.41 Å². The van der Waals surface area contributed by atoms with Gasteiger partial charge in [0.25, 0.3) is 0 Å². The normalized spacial score (nSPS) is 14.9. The van der Waals surface area contributed by atoms with Crippen LogP contribution in [-0.2, 0) is 22.6 Å². The summed E-state index contributed by atoms with van der Waals surface area (Å²) in [6.45, 7) is 2.89. The first-order valence-corrected chi connectivity index (χ1v) is 15.0. The highest BCUT2D eigenvalue weighted by atomic mass is 35.5. The van der Waals surface area contributed by atoms with Crippen molar-refractivity contribution >= 4 is 34.2 Å². The van der Waals surface area contributed by atoms with Gasteiger partial charge in [-0.05, 0) is 86.7 Å². The van der Waals surface area contributed by atoms with Crippen molar-refractivity contribution in [3.05, 3.63) is 101 Å². The molecule has 1 aliphatic rings. The van der Waals surface area contributed by atoms with Crippen LogP contribution in [0.3, 0.4) is 0 Å². The lowest BCUT2D eigenvalue weighted by Gasteiger charge is -2.40. The summed E-state index contributed by atoms with van der Waals surface area (Å²) in [5.74, 6) is -0.654. The van der Waals surface area contributed by atoms with Gasteiger partial charge in [0.2, 0.25) is 0 Å². The SMILES string of the molecule is COc1ccc2ncc(Cl)c(CCCC3(C(=O)OCc4ccccc4)CCN(CCNc4cc(F)cc(F)c4)CC3)c2c1. The number of carbonyl (C=O) groups excluding carboxylic acids is 1. The third-order valence-electron chi connectivity index (χ3n) is 8.29. The van der Waals surface area contributed by atoms with Gasteiger partial charge in [-0.15, -0.1) is 0 Å². The lowest BCUT2D eigenvalue weighted by molar-refractivity contribution is -0.161. The summed E-state index contributed by atoms with van der Waals surface area (Å²) in [6.07, 6.45) is 5.11. The number of rotatable bonds is 12. The molecule has 0 bridgehead atoms. The first-order valence-electron chi connectivity index (χ1n) is 14.6. The van der Waals surface area contributed by atoms with Crippen molar-refractivity contribution in [1.82, 2.24) is 9.88 Å². The molecule has 0 amide bonds. The zero-order valence-corrected chi connectivity index (χ0v) is 25.0. The fourth-order valence-corrected chi connectivity index (χ4v) is 6.08. The molecule has 0 spiro atoms. The van der Waals surface area contributed by atoms with Crippen molar-refractivity contribution < 1.29 is 23.0 Å². The third-order valence-corrected chi connectivity index (χ3v) is 8.62. The number of likely N-dealkylation sites (tertiary alicyclic amines) is 1. The molecular formula is C34H36ClF2N3O3. The zero-order valence-electron chi connectivity index (χ0n) is 24.3. The maximum atomic E-state index is 13.7. The molecule has 1 saturated heterocycles. The fourth-order valence-electron chi connectivity index (χ4n) is 5.84. The molecule has 2 heterocycles. The smallest absolute Gasteiger partial charge is 0.312 e. The highest BCUT2D eigenvalue weighted by Gasteiger charge is 2.42. The van der Waals surface area contributed by atoms with E-state index in [0.717, 1.165) is 53.4 Å². The lowest BCUT2D eigenvalue weighted by Crippen LogP contribution is -2.46. The van der Waals surface area contributed by atoms with Gasteiger partial charge in [-0.2, -0.15) is 0 Å². The molecule has 6 nitrogen and oxygen atoms in total. The van der Waals surface area contributed by atoms with E-state index in [1.165, 1.54) is 12.1 Å². The van der Waals surface area contributed by atoms with E-state index >= 15 is 0 Å². The van der Waals surface area contributed by atoms with E-state index in [-0.39, 0.29) is 12.6 Å². The largest absolute Gasteiger partial charge is 0.497 e. The van der Waals surface area contributed by atoms with Crippen LogP contribution in [0.5, 0.6) is 5.75 Å². The Balaban J connectivity index is 1.24. The van der Waals surface area contributed by atoms with E-state index in [9.17, 15) is 13.6 Å². The van der Waals surface area contributed by atoms with Crippen LogP contribution >= 0.6 is 11.6 Å². The molecule has 1 aliphatic heterocycles. The Morgan fingerprint density at radius 3 is 2.51 bits per heavy atom. The van der Waals surface area contributed by atoms with Crippen molar-refractivity contribution in [3.63, 3.8) is 0 Å². The predicted molar refractivity (Wildman–Crippen MR) is 165 cm³/mol. The predicted octanol–water partition coefficient (Wildman–Crippen LogP) is 7.44. The Morgan fingerprint density at radius 1 is 1.05 bits per heavy atom. The van der Waals surface area contributed by atoms with Gasteiger partial charge in [-0.3, -0.25) is 9.78 Å². The molecule has 3 aromatic carbocycles. The second-order valence-corrected chi connectivity index (χ2v) is 11.5. The molecule has 0 aliphatic carbocycles. The van der Waals surface area contributed by atoms with Crippen molar-refractivity contribution in [1.29, 1.82) is 0 Å². The highest BCUT2D eigenvalue weighted by Crippen LogP contribution is 2.39. The molecule has 1 aromatic heterocycles. The monoisotopic (exact) mass is 607 g/mol. The average molecular weight is 608 g/mol. The molecule has 0 unspecified atom stereocenters. The molecule has 4 aromatic rings. The number of fused-ring (bicyclic) bond motifs is 1. The van der Waals surface area contributed by atoms with Gasteiger partial charge in [-0.1, -0.05) is 41.9 Å². The Morgan fingerprint density at radius 2 is 1.79 bits per heavy atom. The average Bonchev–Trinajstić information content (AvgIpc) is 3.01. The number of methoxy groups -OCH3 is 1. The Bertz CT molecular complexity index is 1520. The first-order chi connectivity index (χ1) is 20.8. The molecule has 5 rings (SSSR count). The molecule has 0 saturated carbocycles. The number of esters is 1. The minimum Gasteiger partial charge on any atom is -0.497 e. The van der Waals surface area contributed by atoms with Crippen LogP contribution in [0.1, 0.15) is 36.8 Å². The minimum absolute atomic E-state index is 0.170. The van der Waals surface area contributed by atoms with Crippen molar-refractivity contribution in [3.8, 4) is 5.75 Å². The number of pyridine rings is 1. The second-order valence-electron chi connectivity index (χ2n) is 11.1. The summed E-state index contributed by atoms with van der Waals surface area (Å²) < 4.78 is 38.4. The van der Waals surface area contributed by atoms with Gasteiger partial charge < -0.3 is 19.7 Å². The number of nitrogens with zero attached hydrogens (tertiary/aromatic N) is 2. The number of ether oxygens (including phenoxy) is 2. The Labute approximate surface area is 256 Å². The standard InChI is InChI=1S/C34H36ClF2N3O3/c1-42-28-9-10-32-30(21-28)29(31(35)22-39-32)8-5-11-34(33(41)43-23-24-6-3-2-4-7-24)12-15-40(16-13-34)17-14-38-27-19-25(36)18-26(37)20-27/h2-4,6-7,9-10,18-22,38H,5,8,11-17,23H2,1H3. The van der Waals surface area contributed by atoms with Crippen LogP contribution in [0.25, 0.3) is 10.9 Å². The van der Waals surface area contributed by atoms with E-state index in [0.29, 0.717) is 49.5 Å². The maximum absolute atomic E-state index is 13.7. The van der Waals surface area contributed by atoms with Gasteiger partial charge in [0.05, 0.1) is 23.1 Å². The van der Waals surface area contributed by atoms with E-state index < -0.39 is 17.0 Å². The van der Waals surface area contributed by atoms with E-state index in [1.807, 2.05) is 48.5 Å². The summed E-state index contributed by atoms with van der Waals surface area (Å²) in [7, 11) is 1.63. The Kier molecular flexibility index (Phi) is 10.1. The molecule has 0 radical (unpaired) electrons. The number of carbonyl (C=O) groups is 1. The van der Waals surface area contributed by atoms with Crippen LogP contribution in [0.2, 0.25) is 5.02 Å². The number of benzene rings is 3. The number of nitrogens with one attached hydrogen (secondary N) is 1. The quantitative estimate of drug-likeness (QED) is 0.169. The maximum Gasteiger partial charge on any atom is 0.312 e. The number of hydrogen-bond donors (Lipinski definition) is 1. The van der Waals surface area contributed by atoms with E-state index in [4.69, 9.17) is 21.1 Å². The van der Waals surface area contributed by atoms with Gasteiger partial charge >= 0.3 is 5.97 Å². The molecule has 1 fully saturated rings. The Hall–Kier alpha value is -3.75. The van der Waals surface area contributed by atoms with Gasteiger partial charge in [0.15, 0.2) is 0 Å². The molecular weight excluding hydrogens is 572 g/mol. The summed E-state index contributed by atoms with van der Waals surface area (Å²) in [5, 5.41) is 4.65. The van der Waals surface area contributed by atoms with Gasteiger partial charge in [-0.25, -0.2) is 8.78 Å².